The summed E-state index contributed by atoms with van der Waals surface area (Å²) < 4.78 is 10.2. The number of ether oxygens (including phenoxy) is 2. The van der Waals surface area contributed by atoms with Gasteiger partial charge in [0.25, 0.3) is 5.91 Å². The molecule has 2 heterocycles. The fourth-order valence-corrected chi connectivity index (χ4v) is 7.25. The van der Waals surface area contributed by atoms with Crippen LogP contribution in [0.15, 0.2) is 66.7 Å². The Morgan fingerprint density at radius 2 is 1.81 bits per heavy atom. The fourth-order valence-electron chi connectivity index (χ4n) is 6.97. The second-order valence-corrected chi connectivity index (χ2v) is 13.1. The van der Waals surface area contributed by atoms with E-state index in [9.17, 15) is 14.7 Å². The smallest absolute Gasteiger partial charge is 0.406 e. The molecule has 0 spiro atoms. The third-order valence-corrected chi connectivity index (χ3v) is 10.0. The standard InChI is InChI=1S/C38H48ClN3O5/c1-3-27-8-4-9-30(24-27)35-33(11-5-12-34(35)39)38(45,19-7-20-40-37(44)46-2)31-10-6-21-42(26-31)36(43)29-15-13-28(14-16-29)25-41-32-17-22-47-23-18-32/h4-5,8-9,11-16,24,31-32,41,45H,3,6-7,10,17-23,25-26H2,1-2H3,(H,40,44)/t31-,38+/m1/s1. The minimum absolute atomic E-state index is 0.0321. The Morgan fingerprint density at radius 3 is 2.55 bits per heavy atom. The molecule has 8 nitrogen and oxygen atoms in total. The van der Waals surface area contributed by atoms with Crippen LogP contribution < -0.4 is 10.6 Å². The summed E-state index contributed by atoms with van der Waals surface area (Å²) in [5, 5.41) is 19.7. The first-order valence-electron chi connectivity index (χ1n) is 16.9. The van der Waals surface area contributed by atoms with Crippen molar-refractivity contribution < 1.29 is 24.2 Å². The minimum atomic E-state index is -1.31. The number of aryl methyl sites for hydroxylation is 1. The van der Waals surface area contributed by atoms with Gasteiger partial charge in [0, 0.05) is 67.5 Å². The van der Waals surface area contributed by atoms with E-state index in [-0.39, 0.29) is 11.8 Å². The van der Waals surface area contributed by atoms with E-state index < -0.39 is 11.7 Å². The van der Waals surface area contributed by atoms with Crippen molar-refractivity contribution in [3.05, 3.63) is 94.0 Å². The van der Waals surface area contributed by atoms with E-state index in [1.54, 1.807) is 0 Å². The van der Waals surface area contributed by atoms with Gasteiger partial charge in [-0.2, -0.15) is 0 Å². The van der Waals surface area contributed by atoms with Crippen molar-refractivity contribution in [2.75, 3.05) is 40.0 Å². The first-order chi connectivity index (χ1) is 22.8. The van der Waals surface area contributed by atoms with Crippen LogP contribution in [-0.2, 0) is 28.0 Å². The lowest BCUT2D eigenvalue weighted by Gasteiger charge is -2.44. The average molecular weight is 662 g/mol. The highest BCUT2D eigenvalue weighted by Crippen LogP contribution is 2.45. The summed E-state index contributed by atoms with van der Waals surface area (Å²) in [7, 11) is 1.33. The molecule has 47 heavy (non-hydrogen) atoms. The van der Waals surface area contributed by atoms with Crippen molar-refractivity contribution >= 4 is 23.6 Å². The number of benzene rings is 3. The molecule has 2 aliphatic rings. The summed E-state index contributed by atoms with van der Waals surface area (Å²) in [5.74, 6) is -0.275. The number of hydrogen-bond acceptors (Lipinski definition) is 6. The van der Waals surface area contributed by atoms with Crippen LogP contribution in [0, 0.1) is 5.92 Å². The number of halogens is 1. The lowest BCUT2D eigenvalue weighted by Crippen LogP contribution is -2.48. The molecule has 0 unspecified atom stereocenters. The van der Waals surface area contributed by atoms with Gasteiger partial charge in [-0.1, -0.05) is 67.1 Å². The topological polar surface area (TPSA) is 100 Å². The Bertz CT molecular complexity index is 1490. The Hall–Kier alpha value is -3.43. The summed E-state index contributed by atoms with van der Waals surface area (Å²) >= 11 is 6.91. The predicted molar refractivity (Wildman–Crippen MR) is 186 cm³/mol. The van der Waals surface area contributed by atoms with Crippen LogP contribution >= 0.6 is 11.6 Å². The zero-order chi connectivity index (χ0) is 33.2. The van der Waals surface area contributed by atoms with Gasteiger partial charge in [0.15, 0.2) is 0 Å². The first-order valence-corrected chi connectivity index (χ1v) is 17.3. The minimum Gasteiger partial charge on any atom is -0.453 e. The van der Waals surface area contributed by atoms with Crippen molar-refractivity contribution in [2.24, 2.45) is 5.92 Å². The third-order valence-electron chi connectivity index (χ3n) is 9.69. The third kappa shape index (κ3) is 8.73. The number of hydrogen-bond donors (Lipinski definition) is 3. The number of rotatable bonds is 12. The van der Waals surface area contributed by atoms with Crippen molar-refractivity contribution in [3.8, 4) is 11.1 Å². The van der Waals surface area contributed by atoms with E-state index in [4.69, 9.17) is 21.1 Å². The lowest BCUT2D eigenvalue weighted by atomic mass is 9.72. The molecule has 3 aromatic carbocycles. The highest BCUT2D eigenvalue weighted by Gasteiger charge is 2.43. The molecule has 2 atom stereocenters. The maximum atomic E-state index is 13.8. The fraction of sp³-hybridized carbons (Fsp3) is 0.474. The molecule has 0 saturated carbocycles. The number of alkyl carbamates (subject to hydrolysis) is 1. The van der Waals surface area contributed by atoms with Gasteiger partial charge in [-0.25, -0.2) is 4.79 Å². The van der Waals surface area contributed by atoms with Crippen LogP contribution in [-0.4, -0.2) is 68.0 Å². The van der Waals surface area contributed by atoms with E-state index in [1.165, 1.54) is 12.7 Å². The lowest BCUT2D eigenvalue weighted by molar-refractivity contribution is -0.0563. The van der Waals surface area contributed by atoms with Crippen LogP contribution in [0.4, 0.5) is 4.79 Å². The van der Waals surface area contributed by atoms with Gasteiger partial charge < -0.3 is 30.1 Å². The van der Waals surface area contributed by atoms with Gasteiger partial charge in [-0.15, -0.1) is 0 Å². The molecule has 2 saturated heterocycles. The second kappa shape index (κ2) is 16.6. The number of carbonyl (C=O) groups is 2. The number of methoxy groups -OCH3 is 1. The average Bonchev–Trinajstić information content (AvgIpc) is 3.12. The monoisotopic (exact) mass is 661 g/mol. The number of aliphatic hydroxyl groups is 1. The first kappa shape index (κ1) is 34.9. The molecular formula is C38H48ClN3O5. The molecule has 3 aromatic rings. The van der Waals surface area contributed by atoms with Crippen LogP contribution in [0.5, 0.6) is 0 Å². The zero-order valence-electron chi connectivity index (χ0n) is 27.6. The Labute approximate surface area is 283 Å². The number of amides is 2. The molecular weight excluding hydrogens is 614 g/mol. The van der Waals surface area contributed by atoms with Crippen molar-refractivity contribution in [3.63, 3.8) is 0 Å². The van der Waals surface area contributed by atoms with Gasteiger partial charge >= 0.3 is 6.09 Å². The van der Waals surface area contributed by atoms with Gasteiger partial charge in [0.05, 0.1) is 12.7 Å². The molecule has 0 aromatic heterocycles. The maximum absolute atomic E-state index is 13.8. The van der Waals surface area contributed by atoms with Gasteiger partial charge in [-0.3, -0.25) is 4.79 Å². The van der Waals surface area contributed by atoms with E-state index in [2.05, 4.69) is 29.7 Å². The zero-order valence-corrected chi connectivity index (χ0v) is 28.4. The highest BCUT2D eigenvalue weighted by atomic mass is 35.5. The Kier molecular flexibility index (Phi) is 12.3. The number of carbonyl (C=O) groups excluding carboxylic acids is 2. The van der Waals surface area contributed by atoms with E-state index in [0.717, 1.165) is 74.1 Å². The van der Waals surface area contributed by atoms with E-state index >= 15 is 0 Å². The van der Waals surface area contributed by atoms with Crippen molar-refractivity contribution in [1.29, 1.82) is 0 Å². The summed E-state index contributed by atoms with van der Waals surface area (Å²) in [6, 6.07) is 22.3. The summed E-state index contributed by atoms with van der Waals surface area (Å²) in [6.07, 6.45) is 4.82. The summed E-state index contributed by atoms with van der Waals surface area (Å²) in [6.45, 7) is 5.85. The number of nitrogens with zero attached hydrogens (tertiary/aromatic N) is 1. The molecule has 0 radical (unpaired) electrons. The van der Waals surface area contributed by atoms with Crippen LogP contribution in [0.2, 0.25) is 5.02 Å². The highest BCUT2D eigenvalue weighted by molar-refractivity contribution is 6.33. The Balaban J connectivity index is 1.38. The maximum Gasteiger partial charge on any atom is 0.406 e. The van der Waals surface area contributed by atoms with Gasteiger partial charge in [0.1, 0.15) is 0 Å². The number of nitrogens with one attached hydrogen (secondary N) is 2. The molecule has 2 fully saturated rings. The Morgan fingerprint density at radius 1 is 1.04 bits per heavy atom. The normalized spacial score (nSPS) is 18.4. The number of piperidine rings is 1. The molecule has 2 amide bonds. The van der Waals surface area contributed by atoms with Crippen LogP contribution in [0.25, 0.3) is 11.1 Å². The molecule has 0 aliphatic carbocycles. The molecule has 5 rings (SSSR count). The van der Waals surface area contributed by atoms with Crippen LogP contribution in [0.3, 0.4) is 0 Å². The second-order valence-electron chi connectivity index (χ2n) is 12.7. The predicted octanol–water partition coefficient (Wildman–Crippen LogP) is 6.71. The van der Waals surface area contributed by atoms with Gasteiger partial charge in [0.2, 0.25) is 0 Å². The number of likely N-dealkylation sites (tertiary alicyclic amines) is 1. The molecule has 252 valence electrons. The molecule has 2 aliphatic heterocycles. The molecule has 3 N–H and O–H groups in total. The molecule has 0 bridgehead atoms. The quantitative estimate of drug-likeness (QED) is 0.187. The van der Waals surface area contributed by atoms with Gasteiger partial charge in [-0.05, 0) is 85.4 Å². The largest absolute Gasteiger partial charge is 0.453 e. The van der Waals surface area contributed by atoms with Crippen molar-refractivity contribution in [2.45, 2.75) is 70.1 Å². The van der Waals surface area contributed by atoms with Crippen molar-refractivity contribution in [1.82, 2.24) is 15.5 Å². The van der Waals surface area contributed by atoms with E-state index in [0.29, 0.717) is 49.1 Å². The SMILES string of the molecule is CCc1cccc(-c2c(Cl)cccc2[C@](O)(CCCNC(=O)OC)[C@@H]2CCCN(C(=O)c3ccc(CNC4CCOCC4)cc3)C2)c1. The van der Waals surface area contributed by atoms with Crippen LogP contribution in [0.1, 0.15) is 72.5 Å². The van der Waals surface area contributed by atoms with E-state index in [1.807, 2.05) is 59.5 Å². The molecule has 9 heteroatoms. The summed E-state index contributed by atoms with van der Waals surface area (Å²) in [4.78, 5) is 27.5. The summed E-state index contributed by atoms with van der Waals surface area (Å²) in [5.41, 5.74) is 4.16.